The van der Waals surface area contributed by atoms with E-state index in [0.29, 0.717) is 35.7 Å². The maximum Gasteiger partial charge on any atom is 0.259 e. The van der Waals surface area contributed by atoms with Crippen LogP contribution in [0.15, 0.2) is 48.5 Å². The normalized spacial score (nSPS) is 10.3. The fraction of sp³-hybridized carbons (Fsp3) is 0.364. The zero-order chi connectivity index (χ0) is 19.5. The van der Waals surface area contributed by atoms with E-state index in [4.69, 9.17) is 4.74 Å². The van der Waals surface area contributed by atoms with E-state index < -0.39 is 0 Å². The summed E-state index contributed by atoms with van der Waals surface area (Å²) in [4.78, 5) is 25.0. The number of ether oxygens (including phenoxy) is 1. The third-order valence-corrected chi connectivity index (χ3v) is 4.14. The molecule has 0 atom stereocenters. The Kier molecular flexibility index (Phi) is 8.36. The molecule has 144 valence electrons. The summed E-state index contributed by atoms with van der Waals surface area (Å²) in [5.41, 5.74) is 1.37. The number of para-hydroxylation sites is 2. The molecule has 2 rings (SSSR count). The zero-order valence-corrected chi connectivity index (χ0v) is 16.1. The highest BCUT2D eigenvalue weighted by Gasteiger charge is 2.16. The monoisotopic (exact) mass is 368 g/mol. The first-order chi connectivity index (χ1) is 13.2. The molecule has 0 aliphatic carbocycles. The first-order valence-corrected chi connectivity index (χ1v) is 9.57. The van der Waals surface area contributed by atoms with Crippen molar-refractivity contribution in [1.82, 2.24) is 5.32 Å². The van der Waals surface area contributed by atoms with Gasteiger partial charge in [0.15, 0.2) is 0 Å². The standard InChI is InChI=1S/C22H28N2O3/c1-3-5-6-11-16-27-20-15-10-8-13-18(20)22(26)24-19-14-9-7-12-17(19)21(25)23-4-2/h7-10,12-15H,3-6,11,16H2,1-2H3,(H,23,25)(H,24,26). The fourth-order valence-corrected chi connectivity index (χ4v) is 2.73. The quantitative estimate of drug-likeness (QED) is 0.600. The van der Waals surface area contributed by atoms with Gasteiger partial charge in [0.2, 0.25) is 0 Å². The summed E-state index contributed by atoms with van der Waals surface area (Å²) in [5.74, 6) is 0.0479. The lowest BCUT2D eigenvalue weighted by Gasteiger charge is -2.13. The summed E-state index contributed by atoms with van der Waals surface area (Å²) >= 11 is 0. The smallest absolute Gasteiger partial charge is 0.259 e. The van der Waals surface area contributed by atoms with Gasteiger partial charge in [0.05, 0.1) is 23.4 Å². The van der Waals surface area contributed by atoms with Crippen molar-refractivity contribution < 1.29 is 14.3 Å². The minimum Gasteiger partial charge on any atom is -0.493 e. The highest BCUT2D eigenvalue weighted by molar-refractivity contribution is 6.10. The van der Waals surface area contributed by atoms with Crippen LogP contribution in [0.4, 0.5) is 5.69 Å². The first-order valence-electron chi connectivity index (χ1n) is 9.57. The number of carbonyl (C=O) groups is 2. The van der Waals surface area contributed by atoms with Crippen LogP contribution < -0.4 is 15.4 Å². The predicted molar refractivity (Wildman–Crippen MR) is 108 cm³/mol. The minimum atomic E-state index is -0.295. The topological polar surface area (TPSA) is 67.4 Å². The second-order valence-electron chi connectivity index (χ2n) is 6.26. The first kappa shape index (κ1) is 20.5. The van der Waals surface area contributed by atoms with Gasteiger partial charge in [-0.2, -0.15) is 0 Å². The lowest BCUT2D eigenvalue weighted by Crippen LogP contribution is -2.25. The molecule has 0 radical (unpaired) electrons. The van der Waals surface area contributed by atoms with Crippen LogP contribution in [0, 0.1) is 0 Å². The van der Waals surface area contributed by atoms with E-state index in [1.807, 2.05) is 13.0 Å². The average molecular weight is 368 g/mol. The van der Waals surface area contributed by atoms with Crippen molar-refractivity contribution in [2.45, 2.75) is 39.5 Å². The van der Waals surface area contributed by atoms with Crippen molar-refractivity contribution in [3.8, 4) is 5.75 Å². The lowest BCUT2D eigenvalue weighted by molar-refractivity contribution is 0.0956. The molecule has 0 aliphatic rings. The molecule has 5 nitrogen and oxygen atoms in total. The van der Waals surface area contributed by atoms with Gasteiger partial charge >= 0.3 is 0 Å². The van der Waals surface area contributed by atoms with Gasteiger partial charge in [-0.15, -0.1) is 0 Å². The van der Waals surface area contributed by atoms with Crippen molar-refractivity contribution in [3.05, 3.63) is 59.7 Å². The second kappa shape index (κ2) is 11.0. The van der Waals surface area contributed by atoms with Gasteiger partial charge < -0.3 is 15.4 Å². The van der Waals surface area contributed by atoms with E-state index in [1.54, 1.807) is 42.5 Å². The molecule has 5 heteroatoms. The van der Waals surface area contributed by atoms with Crippen molar-refractivity contribution in [3.63, 3.8) is 0 Å². The largest absolute Gasteiger partial charge is 0.493 e. The average Bonchev–Trinajstić information content (AvgIpc) is 2.68. The van der Waals surface area contributed by atoms with E-state index in [0.717, 1.165) is 12.8 Å². The molecule has 2 aromatic rings. The second-order valence-corrected chi connectivity index (χ2v) is 6.26. The molecule has 0 saturated heterocycles. The van der Waals surface area contributed by atoms with Crippen LogP contribution in [0.1, 0.15) is 60.2 Å². The number of unbranched alkanes of at least 4 members (excludes halogenated alkanes) is 3. The maximum absolute atomic E-state index is 12.8. The van der Waals surface area contributed by atoms with Gasteiger partial charge in [-0.1, -0.05) is 50.5 Å². The van der Waals surface area contributed by atoms with Crippen LogP contribution in [0.2, 0.25) is 0 Å². The Bertz CT molecular complexity index is 759. The Morgan fingerprint density at radius 1 is 0.852 bits per heavy atom. The third-order valence-electron chi connectivity index (χ3n) is 4.14. The molecule has 0 unspecified atom stereocenters. The predicted octanol–water partition coefficient (Wildman–Crippen LogP) is 4.65. The highest BCUT2D eigenvalue weighted by Crippen LogP contribution is 2.22. The fourth-order valence-electron chi connectivity index (χ4n) is 2.73. The van der Waals surface area contributed by atoms with Gasteiger partial charge in [0.25, 0.3) is 11.8 Å². The molecule has 0 spiro atoms. The Morgan fingerprint density at radius 3 is 2.30 bits per heavy atom. The summed E-state index contributed by atoms with van der Waals surface area (Å²) < 4.78 is 5.82. The Balaban J connectivity index is 2.10. The van der Waals surface area contributed by atoms with Crippen LogP contribution in [-0.2, 0) is 0 Å². The maximum atomic E-state index is 12.8. The molecule has 0 heterocycles. The van der Waals surface area contributed by atoms with Gasteiger partial charge in [-0.05, 0) is 37.6 Å². The molecule has 2 N–H and O–H groups in total. The zero-order valence-electron chi connectivity index (χ0n) is 16.1. The molecule has 0 aromatic heterocycles. The van der Waals surface area contributed by atoms with Crippen LogP contribution >= 0.6 is 0 Å². The molecule has 2 aromatic carbocycles. The molecule has 0 fully saturated rings. The van der Waals surface area contributed by atoms with E-state index in [-0.39, 0.29) is 11.8 Å². The molecule has 0 saturated carbocycles. The van der Waals surface area contributed by atoms with Crippen molar-refractivity contribution >= 4 is 17.5 Å². The van der Waals surface area contributed by atoms with Gasteiger partial charge in [0.1, 0.15) is 5.75 Å². The summed E-state index contributed by atoms with van der Waals surface area (Å²) in [6.45, 7) is 5.13. The minimum absolute atomic E-state index is 0.214. The van der Waals surface area contributed by atoms with Crippen LogP contribution in [0.25, 0.3) is 0 Å². The van der Waals surface area contributed by atoms with E-state index in [2.05, 4.69) is 17.6 Å². The molecular weight excluding hydrogens is 340 g/mol. The van der Waals surface area contributed by atoms with Gasteiger partial charge in [0, 0.05) is 6.54 Å². The SMILES string of the molecule is CCCCCCOc1ccccc1C(=O)Nc1ccccc1C(=O)NCC. The van der Waals surface area contributed by atoms with Crippen molar-refractivity contribution in [1.29, 1.82) is 0 Å². The van der Waals surface area contributed by atoms with Gasteiger partial charge in [-0.25, -0.2) is 0 Å². The molecule has 27 heavy (non-hydrogen) atoms. The Morgan fingerprint density at radius 2 is 1.56 bits per heavy atom. The number of amides is 2. The van der Waals surface area contributed by atoms with Crippen molar-refractivity contribution in [2.75, 3.05) is 18.5 Å². The number of carbonyl (C=O) groups excluding carboxylic acids is 2. The molecule has 0 aliphatic heterocycles. The highest BCUT2D eigenvalue weighted by atomic mass is 16.5. The van der Waals surface area contributed by atoms with E-state index in [9.17, 15) is 9.59 Å². The number of hydrogen-bond acceptors (Lipinski definition) is 3. The number of hydrogen-bond donors (Lipinski definition) is 2. The van der Waals surface area contributed by atoms with Crippen LogP contribution in [0.5, 0.6) is 5.75 Å². The van der Waals surface area contributed by atoms with Gasteiger partial charge in [-0.3, -0.25) is 9.59 Å². The summed E-state index contributed by atoms with van der Waals surface area (Å²) in [5, 5.41) is 5.59. The summed E-state index contributed by atoms with van der Waals surface area (Å²) in [7, 11) is 0. The number of benzene rings is 2. The van der Waals surface area contributed by atoms with Crippen LogP contribution in [0.3, 0.4) is 0 Å². The lowest BCUT2D eigenvalue weighted by atomic mass is 10.1. The number of rotatable bonds is 10. The summed E-state index contributed by atoms with van der Waals surface area (Å²) in [6, 6.07) is 14.1. The number of nitrogens with one attached hydrogen (secondary N) is 2. The third kappa shape index (κ3) is 6.13. The molecule has 2 amide bonds. The molecule has 0 bridgehead atoms. The van der Waals surface area contributed by atoms with E-state index in [1.165, 1.54) is 12.8 Å². The van der Waals surface area contributed by atoms with Crippen LogP contribution in [-0.4, -0.2) is 25.0 Å². The Labute approximate surface area is 161 Å². The molecular formula is C22H28N2O3. The Hall–Kier alpha value is -2.82. The van der Waals surface area contributed by atoms with Crippen molar-refractivity contribution in [2.24, 2.45) is 0 Å². The van der Waals surface area contributed by atoms with E-state index >= 15 is 0 Å². The summed E-state index contributed by atoms with van der Waals surface area (Å²) in [6.07, 6.45) is 4.43. The number of anilines is 1.